The summed E-state index contributed by atoms with van der Waals surface area (Å²) < 4.78 is 21.1. The molecule has 30 heavy (non-hydrogen) atoms. The van der Waals surface area contributed by atoms with Gasteiger partial charge in [-0.2, -0.15) is 0 Å². The summed E-state index contributed by atoms with van der Waals surface area (Å²) in [5.74, 6) is 0.464. The number of thioether (sulfide) groups is 1. The van der Waals surface area contributed by atoms with Gasteiger partial charge in [-0.1, -0.05) is 60.3 Å². The van der Waals surface area contributed by atoms with E-state index in [2.05, 4.69) is 16.8 Å². The van der Waals surface area contributed by atoms with Gasteiger partial charge in [-0.3, -0.25) is 9.36 Å². The predicted molar refractivity (Wildman–Crippen MR) is 115 cm³/mol. The first kappa shape index (κ1) is 21.6. The van der Waals surface area contributed by atoms with Crippen LogP contribution in [-0.2, 0) is 24.5 Å². The van der Waals surface area contributed by atoms with Crippen LogP contribution in [0.2, 0.25) is 0 Å². The quantitative estimate of drug-likeness (QED) is 0.363. The first-order valence-electron chi connectivity index (χ1n) is 9.39. The van der Waals surface area contributed by atoms with E-state index in [0.717, 1.165) is 5.56 Å². The van der Waals surface area contributed by atoms with Gasteiger partial charge < -0.3 is 9.64 Å². The first-order chi connectivity index (χ1) is 14.6. The van der Waals surface area contributed by atoms with Crippen molar-refractivity contribution in [2.24, 2.45) is 0 Å². The molecule has 0 unspecified atom stereocenters. The van der Waals surface area contributed by atoms with E-state index in [1.807, 2.05) is 34.9 Å². The molecule has 6 nitrogen and oxygen atoms in total. The van der Waals surface area contributed by atoms with Crippen molar-refractivity contribution in [3.63, 3.8) is 0 Å². The lowest BCUT2D eigenvalue weighted by atomic mass is 10.2. The molecule has 0 aliphatic rings. The third kappa shape index (κ3) is 5.70. The molecule has 3 rings (SSSR count). The van der Waals surface area contributed by atoms with E-state index in [-0.39, 0.29) is 24.0 Å². The second-order valence-corrected chi connectivity index (χ2v) is 7.48. The smallest absolute Gasteiger partial charge is 0.233 e. The number of ether oxygens (including phenoxy) is 1. The maximum atomic E-state index is 13.8. The van der Waals surface area contributed by atoms with Crippen LogP contribution < -0.4 is 4.74 Å². The summed E-state index contributed by atoms with van der Waals surface area (Å²) in [5, 5.41) is 8.90. The molecule has 3 aromatic rings. The van der Waals surface area contributed by atoms with Gasteiger partial charge in [0, 0.05) is 20.1 Å². The number of nitrogens with zero attached hydrogens (tertiary/aromatic N) is 4. The van der Waals surface area contributed by atoms with Crippen molar-refractivity contribution in [1.82, 2.24) is 19.7 Å². The van der Waals surface area contributed by atoms with Gasteiger partial charge in [-0.05, 0) is 17.7 Å². The number of aromatic nitrogens is 3. The Labute approximate surface area is 179 Å². The summed E-state index contributed by atoms with van der Waals surface area (Å²) in [4.78, 5) is 14.2. The molecule has 156 valence electrons. The highest BCUT2D eigenvalue weighted by Crippen LogP contribution is 2.21. The number of halogens is 1. The average Bonchev–Trinajstić information content (AvgIpc) is 3.14. The molecule has 0 bridgehead atoms. The molecule has 0 spiro atoms. The highest BCUT2D eigenvalue weighted by atomic mass is 32.2. The summed E-state index contributed by atoms with van der Waals surface area (Å²) in [6.07, 6.45) is 1.71. The Balaban J connectivity index is 1.60. The zero-order chi connectivity index (χ0) is 21.3. The lowest BCUT2D eigenvalue weighted by Gasteiger charge is -2.17. The Morgan fingerprint density at radius 3 is 2.67 bits per heavy atom. The number of rotatable bonds is 10. The van der Waals surface area contributed by atoms with Crippen molar-refractivity contribution < 1.29 is 13.9 Å². The van der Waals surface area contributed by atoms with Crippen LogP contribution in [0.15, 0.2) is 72.4 Å². The number of benzene rings is 2. The van der Waals surface area contributed by atoms with Gasteiger partial charge in [0.2, 0.25) is 5.91 Å². The maximum absolute atomic E-state index is 13.8. The van der Waals surface area contributed by atoms with Crippen molar-refractivity contribution >= 4 is 17.7 Å². The van der Waals surface area contributed by atoms with Crippen LogP contribution in [0.1, 0.15) is 11.4 Å². The van der Waals surface area contributed by atoms with Gasteiger partial charge in [0.1, 0.15) is 6.61 Å². The van der Waals surface area contributed by atoms with E-state index < -0.39 is 5.82 Å². The summed E-state index contributed by atoms with van der Waals surface area (Å²) >= 11 is 1.30. The van der Waals surface area contributed by atoms with E-state index in [4.69, 9.17) is 4.74 Å². The zero-order valence-corrected chi connectivity index (χ0v) is 17.5. The third-order valence-corrected chi connectivity index (χ3v) is 5.26. The minimum absolute atomic E-state index is 0.0128. The van der Waals surface area contributed by atoms with Gasteiger partial charge >= 0.3 is 0 Å². The van der Waals surface area contributed by atoms with Crippen molar-refractivity contribution in [2.75, 3.05) is 12.8 Å². The molecule has 2 aromatic carbocycles. The number of hydrogen-bond donors (Lipinski definition) is 0. The average molecular weight is 427 g/mol. The largest absolute Gasteiger partial charge is 0.483 e. The highest BCUT2D eigenvalue weighted by Gasteiger charge is 2.16. The fourth-order valence-electron chi connectivity index (χ4n) is 2.73. The summed E-state index contributed by atoms with van der Waals surface area (Å²) in [7, 11) is 1.78. The fourth-order valence-corrected chi connectivity index (χ4v) is 3.64. The molecule has 0 N–H and O–H groups in total. The summed E-state index contributed by atoms with van der Waals surface area (Å²) in [6, 6.07) is 16.0. The molecular weight excluding hydrogens is 403 g/mol. The Morgan fingerprint density at radius 2 is 1.93 bits per heavy atom. The van der Waals surface area contributed by atoms with E-state index in [0.29, 0.717) is 24.1 Å². The standard InChI is InChI=1S/C22H23FN4O2S/c1-3-13-27-20(15-29-19-12-8-7-11-18(19)23)24-25-22(27)30-16-21(28)26(2)14-17-9-5-4-6-10-17/h3-12H,1,13-16H2,2H3. The Hall–Kier alpha value is -3.13. The van der Waals surface area contributed by atoms with Crippen molar-refractivity contribution in [1.29, 1.82) is 0 Å². The Kier molecular flexibility index (Phi) is 7.62. The van der Waals surface area contributed by atoms with E-state index in [1.165, 1.54) is 17.8 Å². The monoisotopic (exact) mass is 426 g/mol. The third-order valence-electron chi connectivity index (χ3n) is 4.31. The second-order valence-electron chi connectivity index (χ2n) is 6.54. The number of amides is 1. The van der Waals surface area contributed by atoms with Crippen molar-refractivity contribution in [3.8, 4) is 5.75 Å². The molecule has 0 radical (unpaired) electrons. The minimum atomic E-state index is -0.436. The Bertz CT molecular complexity index is 994. The highest BCUT2D eigenvalue weighted by molar-refractivity contribution is 7.99. The normalized spacial score (nSPS) is 10.6. The molecule has 1 heterocycles. The van der Waals surface area contributed by atoms with E-state index >= 15 is 0 Å². The SMILES string of the molecule is C=CCn1c(COc2ccccc2F)nnc1SCC(=O)N(C)Cc1ccccc1. The van der Waals surface area contributed by atoms with Crippen LogP contribution in [0.5, 0.6) is 5.75 Å². The van der Waals surface area contributed by atoms with Crippen molar-refractivity contribution in [3.05, 3.63) is 84.5 Å². The molecule has 0 saturated carbocycles. The molecule has 8 heteroatoms. The van der Waals surface area contributed by atoms with Crippen LogP contribution >= 0.6 is 11.8 Å². The number of hydrogen-bond acceptors (Lipinski definition) is 5. The van der Waals surface area contributed by atoms with Crippen LogP contribution in [0.4, 0.5) is 4.39 Å². The van der Waals surface area contributed by atoms with E-state index in [1.54, 1.807) is 36.2 Å². The van der Waals surface area contributed by atoms with Crippen LogP contribution in [0.3, 0.4) is 0 Å². The van der Waals surface area contributed by atoms with Gasteiger partial charge in [0.25, 0.3) is 0 Å². The molecule has 0 atom stereocenters. The topological polar surface area (TPSA) is 60.2 Å². The summed E-state index contributed by atoms with van der Waals surface area (Å²) in [6.45, 7) is 4.82. The minimum Gasteiger partial charge on any atom is -0.483 e. The molecule has 0 aliphatic heterocycles. The molecule has 0 saturated heterocycles. The van der Waals surface area contributed by atoms with Gasteiger partial charge in [0.15, 0.2) is 22.5 Å². The number of para-hydroxylation sites is 1. The van der Waals surface area contributed by atoms with Crippen LogP contribution in [-0.4, -0.2) is 38.4 Å². The molecule has 1 aromatic heterocycles. The first-order valence-corrected chi connectivity index (χ1v) is 10.4. The number of carbonyl (C=O) groups is 1. The molecular formula is C22H23FN4O2S. The van der Waals surface area contributed by atoms with Crippen LogP contribution in [0, 0.1) is 5.82 Å². The van der Waals surface area contributed by atoms with Crippen LogP contribution in [0.25, 0.3) is 0 Å². The van der Waals surface area contributed by atoms with Gasteiger partial charge in [0.05, 0.1) is 5.75 Å². The lowest BCUT2D eigenvalue weighted by molar-refractivity contribution is -0.127. The summed E-state index contributed by atoms with van der Waals surface area (Å²) in [5.41, 5.74) is 1.07. The molecule has 1 amide bonds. The number of allylic oxidation sites excluding steroid dienone is 1. The predicted octanol–water partition coefficient (Wildman–Crippen LogP) is 3.93. The molecule has 0 fully saturated rings. The van der Waals surface area contributed by atoms with Crippen molar-refractivity contribution in [2.45, 2.75) is 24.9 Å². The lowest BCUT2D eigenvalue weighted by Crippen LogP contribution is -2.27. The molecule has 0 aliphatic carbocycles. The zero-order valence-electron chi connectivity index (χ0n) is 16.7. The fraction of sp³-hybridized carbons (Fsp3) is 0.227. The van der Waals surface area contributed by atoms with E-state index in [9.17, 15) is 9.18 Å². The number of carbonyl (C=O) groups excluding carboxylic acids is 1. The van der Waals surface area contributed by atoms with Gasteiger partial charge in [-0.15, -0.1) is 16.8 Å². The second kappa shape index (κ2) is 10.6. The Morgan fingerprint density at radius 1 is 1.20 bits per heavy atom. The van der Waals surface area contributed by atoms with Gasteiger partial charge in [-0.25, -0.2) is 4.39 Å². The maximum Gasteiger partial charge on any atom is 0.233 e.